The molecule has 1 atom stereocenters. The van der Waals surface area contributed by atoms with Gasteiger partial charge in [-0.3, -0.25) is 0 Å². The molecule has 0 spiro atoms. The van der Waals surface area contributed by atoms with E-state index in [0.717, 1.165) is 17.9 Å². The van der Waals surface area contributed by atoms with Gasteiger partial charge in [0.25, 0.3) is 0 Å². The molecule has 1 heterocycles. The van der Waals surface area contributed by atoms with Gasteiger partial charge < -0.3 is 15.4 Å². The molecular weight excluding hydrogens is 204 g/mol. The van der Waals surface area contributed by atoms with E-state index in [-0.39, 0.29) is 6.04 Å². The van der Waals surface area contributed by atoms with Crippen LogP contribution in [0.2, 0.25) is 0 Å². The zero-order valence-corrected chi connectivity index (χ0v) is 10.4. The van der Waals surface area contributed by atoms with Gasteiger partial charge in [0.2, 0.25) is 5.88 Å². The smallest absolute Gasteiger partial charge is 0.221 e. The van der Waals surface area contributed by atoms with Crippen molar-refractivity contribution >= 4 is 5.82 Å². The zero-order chi connectivity index (χ0) is 12.1. The topological polar surface area (TPSA) is 64.3 Å². The van der Waals surface area contributed by atoms with Crippen LogP contribution in [0.25, 0.3) is 0 Å². The summed E-state index contributed by atoms with van der Waals surface area (Å²) < 4.78 is 5.42. The van der Waals surface area contributed by atoms with E-state index >= 15 is 0 Å². The van der Waals surface area contributed by atoms with Crippen LogP contribution in [0, 0.1) is 6.92 Å². The SMILES string of the molecule is CCOc1ncnc(N(C)CC(C)N)c1C. The van der Waals surface area contributed by atoms with Gasteiger partial charge in [-0.2, -0.15) is 0 Å². The Morgan fingerprint density at radius 3 is 2.75 bits per heavy atom. The molecule has 5 nitrogen and oxygen atoms in total. The third-order valence-electron chi connectivity index (χ3n) is 2.22. The van der Waals surface area contributed by atoms with Crippen LogP contribution in [-0.4, -0.2) is 36.2 Å². The van der Waals surface area contributed by atoms with Crippen LogP contribution in [0.3, 0.4) is 0 Å². The Kier molecular flexibility index (Phi) is 4.49. The molecule has 0 amide bonds. The van der Waals surface area contributed by atoms with Crippen LogP contribution in [-0.2, 0) is 0 Å². The maximum Gasteiger partial charge on any atom is 0.221 e. The minimum atomic E-state index is 0.106. The second kappa shape index (κ2) is 5.65. The Bertz CT molecular complexity index is 341. The molecule has 0 bridgehead atoms. The lowest BCUT2D eigenvalue weighted by atomic mass is 10.3. The molecule has 1 unspecified atom stereocenters. The molecule has 0 aliphatic heterocycles. The Morgan fingerprint density at radius 2 is 2.19 bits per heavy atom. The molecule has 0 saturated carbocycles. The van der Waals surface area contributed by atoms with Crippen molar-refractivity contribution < 1.29 is 4.74 Å². The third kappa shape index (κ3) is 3.06. The lowest BCUT2D eigenvalue weighted by Gasteiger charge is -2.22. The molecule has 1 aromatic rings. The molecule has 5 heteroatoms. The van der Waals surface area contributed by atoms with E-state index in [2.05, 4.69) is 9.97 Å². The molecule has 16 heavy (non-hydrogen) atoms. The molecule has 0 fully saturated rings. The molecule has 0 aliphatic rings. The van der Waals surface area contributed by atoms with E-state index in [1.165, 1.54) is 6.33 Å². The summed E-state index contributed by atoms with van der Waals surface area (Å²) in [4.78, 5) is 10.4. The zero-order valence-electron chi connectivity index (χ0n) is 10.4. The van der Waals surface area contributed by atoms with E-state index < -0.39 is 0 Å². The first kappa shape index (κ1) is 12.7. The highest BCUT2D eigenvalue weighted by Gasteiger charge is 2.12. The van der Waals surface area contributed by atoms with E-state index in [1.807, 2.05) is 32.7 Å². The van der Waals surface area contributed by atoms with Gasteiger partial charge in [-0.15, -0.1) is 0 Å². The maximum absolute atomic E-state index is 5.76. The highest BCUT2D eigenvalue weighted by atomic mass is 16.5. The monoisotopic (exact) mass is 224 g/mol. The Morgan fingerprint density at radius 1 is 1.50 bits per heavy atom. The molecule has 2 N–H and O–H groups in total. The van der Waals surface area contributed by atoms with Crippen molar-refractivity contribution in [3.05, 3.63) is 11.9 Å². The second-order valence-corrected chi connectivity index (χ2v) is 3.92. The van der Waals surface area contributed by atoms with E-state index in [0.29, 0.717) is 12.5 Å². The fourth-order valence-corrected chi connectivity index (χ4v) is 1.61. The number of hydrogen-bond donors (Lipinski definition) is 1. The highest BCUT2D eigenvalue weighted by Crippen LogP contribution is 2.22. The Labute approximate surface area is 96.6 Å². The molecule has 0 aliphatic carbocycles. The standard InChI is InChI=1S/C11H20N4O/c1-5-16-11-9(3)10(13-7-14-11)15(4)6-8(2)12/h7-8H,5-6,12H2,1-4H3. The lowest BCUT2D eigenvalue weighted by Crippen LogP contribution is -2.33. The predicted octanol–water partition coefficient (Wildman–Crippen LogP) is 0.967. The number of aromatic nitrogens is 2. The summed E-state index contributed by atoms with van der Waals surface area (Å²) in [7, 11) is 1.97. The average molecular weight is 224 g/mol. The first-order valence-electron chi connectivity index (χ1n) is 5.47. The number of likely N-dealkylation sites (N-methyl/N-ethyl adjacent to an activating group) is 1. The molecule has 0 saturated heterocycles. The van der Waals surface area contributed by atoms with Crippen LogP contribution in [0.5, 0.6) is 5.88 Å². The average Bonchev–Trinajstić information content (AvgIpc) is 2.20. The van der Waals surface area contributed by atoms with Gasteiger partial charge in [-0.25, -0.2) is 9.97 Å². The van der Waals surface area contributed by atoms with Crippen molar-refractivity contribution in [3.63, 3.8) is 0 Å². The molecule has 1 rings (SSSR count). The van der Waals surface area contributed by atoms with Crippen LogP contribution in [0.4, 0.5) is 5.82 Å². The van der Waals surface area contributed by atoms with Crippen molar-refractivity contribution in [3.8, 4) is 5.88 Å². The predicted molar refractivity (Wildman–Crippen MR) is 64.9 cm³/mol. The summed E-state index contributed by atoms with van der Waals surface area (Å²) in [5.41, 5.74) is 6.71. The fourth-order valence-electron chi connectivity index (χ4n) is 1.61. The third-order valence-corrected chi connectivity index (χ3v) is 2.22. The van der Waals surface area contributed by atoms with Crippen LogP contribution in [0.15, 0.2) is 6.33 Å². The molecule has 90 valence electrons. The maximum atomic E-state index is 5.76. The first-order chi connectivity index (χ1) is 7.56. The first-order valence-corrected chi connectivity index (χ1v) is 5.47. The number of rotatable bonds is 5. The van der Waals surface area contributed by atoms with Gasteiger partial charge in [0, 0.05) is 19.6 Å². The van der Waals surface area contributed by atoms with E-state index in [4.69, 9.17) is 10.5 Å². The van der Waals surface area contributed by atoms with Gasteiger partial charge >= 0.3 is 0 Å². The van der Waals surface area contributed by atoms with Crippen molar-refractivity contribution in [2.75, 3.05) is 25.1 Å². The Balaban J connectivity index is 2.91. The summed E-state index contributed by atoms with van der Waals surface area (Å²) in [6.07, 6.45) is 1.52. The number of nitrogens with two attached hydrogens (primary N) is 1. The van der Waals surface area contributed by atoms with Crippen LogP contribution >= 0.6 is 0 Å². The van der Waals surface area contributed by atoms with E-state index in [9.17, 15) is 0 Å². The van der Waals surface area contributed by atoms with Crippen molar-refractivity contribution in [1.29, 1.82) is 0 Å². The Hall–Kier alpha value is -1.36. The van der Waals surface area contributed by atoms with Crippen molar-refractivity contribution in [1.82, 2.24) is 9.97 Å². The molecule has 0 radical (unpaired) electrons. The number of ether oxygens (including phenoxy) is 1. The second-order valence-electron chi connectivity index (χ2n) is 3.92. The van der Waals surface area contributed by atoms with E-state index in [1.54, 1.807) is 0 Å². The number of hydrogen-bond acceptors (Lipinski definition) is 5. The quantitative estimate of drug-likeness (QED) is 0.807. The van der Waals surface area contributed by atoms with Crippen LogP contribution < -0.4 is 15.4 Å². The summed E-state index contributed by atoms with van der Waals surface area (Å²) in [5.74, 6) is 1.51. The van der Waals surface area contributed by atoms with Crippen molar-refractivity contribution in [2.45, 2.75) is 26.8 Å². The molecular formula is C11H20N4O. The summed E-state index contributed by atoms with van der Waals surface area (Å²) >= 11 is 0. The van der Waals surface area contributed by atoms with Crippen LogP contribution in [0.1, 0.15) is 19.4 Å². The number of nitrogens with zero attached hydrogens (tertiary/aromatic N) is 3. The van der Waals surface area contributed by atoms with Gasteiger partial charge in [-0.05, 0) is 20.8 Å². The van der Waals surface area contributed by atoms with Gasteiger partial charge in [0.15, 0.2) is 0 Å². The summed E-state index contributed by atoms with van der Waals surface area (Å²) in [6, 6.07) is 0.106. The van der Waals surface area contributed by atoms with Gasteiger partial charge in [-0.1, -0.05) is 0 Å². The highest BCUT2D eigenvalue weighted by molar-refractivity contribution is 5.49. The number of anilines is 1. The van der Waals surface area contributed by atoms with Gasteiger partial charge in [0.05, 0.1) is 12.2 Å². The minimum absolute atomic E-state index is 0.106. The minimum Gasteiger partial charge on any atom is -0.478 e. The summed E-state index contributed by atoms with van der Waals surface area (Å²) in [6.45, 7) is 7.22. The molecule has 1 aromatic heterocycles. The van der Waals surface area contributed by atoms with Gasteiger partial charge in [0.1, 0.15) is 12.1 Å². The largest absolute Gasteiger partial charge is 0.478 e. The van der Waals surface area contributed by atoms with Crippen molar-refractivity contribution in [2.24, 2.45) is 5.73 Å². The molecule has 0 aromatic carbocycles. The normalized spacial score (nSPS) is 12.3. The lowest BCUT2D eigenvalue weighted by molar-refractivity contribution is 0.323. The summed E-state index contributed by atoms with van der Waals surface area (Å²) in [5, 5.41) is 0. The fraction of sp³-hybridized carbons (Fsp3) is 0.636.